The third-order valence-electron chi connectivity index (χ3n) is 1.99. The predicted octanol–water partition coefficient (Wildman–Crippen LogP) is 0.0334. The summed E-state index contributed by atoms with van der Waals surface area (Å²) in [4.78, 5) is 2.34. The van der Waals surface area contributed by atoms with Gasteiger partial charge in [-0.1, -0.05) is 0 Å². The van der Waals surface area contributed by atoms with Crippen molar-refractivity contribution in [1.82, 2.24) is 4.90 Å². The van der Waals surface area contributed by atoms with E-state index in [9.17, 15) is 0 Å². The number of nitrogens with zero attached hydrogens (tertiary/aromatic N) is 2. The molecule has 0 bridgehead atoms. The van der Waals surface area contributed by atoms with Crippen LogP contribution in [0.4, 0.5) is 0 Å². The molecule has 0 N–H and O–H groups in total. The molecule has 1 rings (SSSR count). The standard InChI is InChI=1S/C7H15N2/c1-8(2)7-4-5-9(3)6-7/h7H,1,4-6H2,2-3H3/q+1. The van der Waals surface area contributed by atoms with Gasteiger partial charge in [-0.2, -0.15) is 0 Å². The average molecular weight is 127 g/mol. The predicted molar refractivity (Wildman–Crippen MR) is 39.2 cm³/mol. The Balaban J connectivity index is 2.39. The molecule has 0 amide bonds. The Hall–Kier alpha value is -0.370. The normalized spacial score (nSPS) is 28.9. The van der Waals surface area contributed by atoms with Gasteiger partial charge in [0.2, 0.25) is 0 Å². The molecule has 0 aromatic carbocycles. The van der Waals surface area contributed by atoms with Gasteiger partial charge >= 0.3 is 0 Å². The average Bonchev–Trinajstić information content (AvgIpc) is 2.14. The largest absolute Gasteiger partial charge is 0.300 e. The van der Waals surface area contributed by atoms with E-state index in [1.54, 1.807) is 0 Å². The van der Waals surface area contributed by atoms with Crippen molar-refractivity contribution in [3.63, 3.8) is 0 Å². The molecule has 0 radical (unpaired) electrons. The van der Waals surface area contributed by atoms with Gasteiger partial charge < -0.3 is 0 Å². The van der Waals surface area contributed by atoms with Crippen molar-refractivity contribution in [3.8, 4) is 0 Å². The Morgan fingerprint density at radius 3 is 2.56 bits per heavy atom. The molecule has 0 saturated carbocycles. The van der Waals surface area contributed by atoms with E-state index in [-0.39, 0.29) is 0 Å². The van der Waals surface area contributed by atoms with Crippen LogP contribution >= 0.6 is 0 Å². The first-order chi connectivity index (χ1) is 4.20. The molecule has 1 fully saturated rings. The lowest BCUT2D eigenvalue weighted by Crippen LogP contribution is -2.24. The van der Waals surface area contributed by atoms with Gasteiger partial charge in [-0.3, -0.25) is 4.90 Å². The van der Waals surface area contributed by atoms with Crippen LogP contribution in [-0.4, -0.2) is 49.4 Å². The van der Waals surface area contributed by atoms with E-state index in [0.717, 1.165) is 0 Å². The van der Waals surface area contributed by atoms with Crippen LogP contribution in [0.5, 0.6) is 0 Å². The molecule has 52 valence electrons. The van der Waals surface area contributed by atoms with E-state index in [2.05, 4.69) is 23.2 Å². The summed E-state index contributed by atoms with van der Waals surface area (Å²) in [7, 11) is 4.20. The molecule has 2 heteroatoms. The summed E-state index contributed by atoms with van der Waals surface area (Å²) in [6, 6.07) is 0.690. The zero-order chi connectivity index (χ0) is 6.85. The molecule has 1 heterocycles. The molecular weight excluding hydrogens is 112 g/mol. The Kier molecular flexibility index (Phi) is 1.86. The van der Waals surface area contributed by atoms with Crippen molar-refractivity contribution < 1.29 is 4.58 Å². The van der Waals surface area contributed by atoms with Crippen LogP contribution in [0.2, 0.25) is 0 Å². The van der Waals surface area contributed by atoms with E-state index in [1.807, 2.05) is 7.05 Å². The minimum absolute atomic E-state index is 0.690. The molecule has 1 unspecified atom stereocenters. The van der Waals surface area contributed by atoms with Crippen molar-refractivity contribution in [2.24, 2.45) is 0 Å². The Morgan fingerprint density at radius 1 is 1.67 bits per heavy atom. The number of likely N-dealkylation sites (N-methyl/N-ethyl adjacent to an activating group) is 2. The van der Waals surface area contributed by atoms with Crippen molar-refractivity contribution in [1.29, 1.82) is 0 Å². The maximum absolute atomic E-state index is 3.86. The highest BCUT2D eigenvalue weighted by atomic mass is 15.2. The third-order valence-corrected chi connectivity index (χ3v) is 1.99. The highest BCUT2D eigenvalue weighted by molar-refractivity contribution is 5.14. The van der Waals surface area contributed by atoms with E-state index in [4.69, 9.17) is 0 Å². The third kappa shape index (κ3) is 1.52. The summed E-state index contributed by atoms with van der Waals surface area (Å²) in [5.41, 5.74) is 0. The van der Waals surface area contributed by atoms with Crippen molar-refractivity contribution in [3.05, 3.63) is 0 Å². The minimum atomic E-state index is 0.690. The van der Waals surface area contributed by atoms with Gasteiger partial charge in [-0.15, -0.1) is 0 Å². The lowest BCUT2D eigenvalue weighted by Gasteiger charge is -2.04. The van der Waals surface area contributed by atoms with Crippen molar-refractivity contribution >= 4 is 6.72 Å². The van der Waals surface area contributed by atoms with E-state index < -0.39 is 0 Å². The summed E-state index contributed by atoms with van der Waals surface area (Å²) >= 11 is 0. The molecule has 9 heavy (non-hydrogen) atoms. The number of hydrogen-bond acceptors (Lipinski definition) is 1. The molecule has 0 spiro atoms. The summed E-state index contributed by atoms with van der Waals surface area (Å²) in [6.07, 6.45) is 1.27. The lowest BCUT2D eigenvalue weighted by atomic mass is 10.3. The molecule has 0 aromatic rings. The van der Waals surface area contributed by atoms with Gasteiger partial charge in [0.1, 0.15) is 13.8 Å². The maximum atomic E-state index is 3.86. The fraction of sp³-hybridized carbons (Fsp3) is 0.857. The van der Waals surface area contributed by atoms with Crippen LogP contribution < -0.4 is 0 Å². The summed E-state index contributed by atoms with van der Waals surface area (Å²) in [6.45, 7) is 6.27. The summed E-state index contributed by atoms with van der Waals surface area (Å²) in [5, 5.41) is 0. The Bertz CT molecular complexity index is 120. The summed E-state index contributed by atoms with van der Waals surface area (Å²) < 4.78 is 2.06. The Labute approximate surface area is 56.8 Å². The molecular formula is C7H15N2+. The van der Waals surface area contributed by atoms with Gasteiger partial charge in [-0.05, 0) is 7.05 Å². The minimum Gasteiger partial charge on any atom is -0.300 e. The molecule has 1 aliphatic rings. The monoisotopic (exact) mass is 127 g/mol. The van der Waals surface area contributed by atoms with Gasteiger partial charge in [-0.25, -0.2) is 4.58 Å². The molecule has 1 aliphatic heterocycles. The second-order valence-corrected chi connectivity index (χ2v) is 2.96. The van der Waals surface area contributed by atoms with Gasteiger partial charge in [0.05, 0.1) is 6.54 Å². The first kappa shape index (κ1) is 6.75. The van der Waals surface area contributed by atoms with Gasteiger partial charge in [0.15, 0.2) is 6.04 Å². The molecule has 0 aromatic heterocycles. The highest BCUT2D eigenvalue weighted by Gasteiger charge is 2.24. The van der Waals surface area contributed by atoms with Crippen LogP contribution in [0.3, 0.4) is 0 Å². The van der Waals surface area contributed by atoms with Crippen LogP contribution in [0, 0.1) is 0 Å². The van der Waals surface area contributed by atoms with Crippen LogP contribution in [0.25, 0.3) is 0 Å². The smallest absolute Gasteiger partial charge is 0.165 e. The maximum Gasteiger partial charge on any atom is 0.165 e. The number of likely N-dealkylation sites (tertiary alicyclic amines) is 1. The quantitative estimate of drug-likeness (QED) is 0.356. The van der Waals surface area contributed by atoms with Gasteiger partial charge in [0.25, 0.3) is 0 Å². The van der Waals surface area contributed by atoms with Crippen LogP contribution in [-0.2, 0) is 0 Å². The topological polar surface area (TPSA) is 6.25 Å². The fourth-order valence-corrected chi connectivity index (χ4v) is 1.27. The van der Waals surface area contributed by atoms with E-state index in [1.165, 1.54) is 19.5 Å². The molecule has 1 saturated heterocycles. The zero-order valence-electron chi connectivity index (χ0n) is 6.30. The lowest BCUT2D eigenvalue weighted by molar-refractivity contribution is -0.525. The van der Waals surface area contributed by atoms with Crippen LogP contribution in [0.15, 0.2) is 0 Å². The molecule has 0 aliphatic carbocycles. The fourth-order valence-electron chi connectivity index (χ4n) is 1.27. The van der Waals surface area contributed by atoms with Gasteiger partial charge in [0, 0.05) is 13.0 Å². The SMILES string of the molecule is C=[N+](C)C1CCN(C)C1. The van der Waals surface area contributed by atoms with Crippen molar-refractivity contribution in [2.75, 3.05) is 27.2 Å². The first-order valence-electron chi connectivity index (χ1n) is 3.42. The number of hydrogen-bond donors (Lipinski definition) is 0. The van der Waals surface area contributed by atoms with Crippen molar-refractivity contribution in [2.45, 2.75) is 12.5 Å². The Morgan fingerprint density at radius 2 is 2.33 bits per heavy atom. The summed E-state index contributed by atoms with van der Waals surface area (Å²) in [5.74, 6) is 0. The second-order valence-electron chi connectivity index (χ2n) is 2.96. The first-order valence-corrected chi connectivity index (χ1v) is 3.42. The van der Waals surface area contributed by atoms with E-state index in [0.29, 0.717) is 6.04 Å². The molecule has 2 nitrogen and oxygen atoms in total. The van der Waals surface area contributed by atoms with E-state index >= 15 is 0 Å². The zero-order valence-corrected chi connectivity index (χ0v) is 6.30. The molecule has 1 atom stereocenters. The highest BCUT2D eigenvalue weighted by Crippen LogP contribution is 2.07. The number of rotatable bonds is 1. The second kappa shape index (κ2) is 2.48. The van der Waals surface area contributed by atoms with Crippen LogP contribution in [0.1, 0.15) is 6.42 Å².